The molecule has 1 heterocycles. The number of likely N-dealkylation sites (N-methyl/N-ethyl adjacent to an activating group) is 1. The van der Waals surface area contributed by atoms with E-state index in [4.69, 9.17) is 9.15 Å². The largest absolute Gasteiger partial charge is 0.492 e. The van der Waals surface area contributed by atoms with Gasteiger partial charge in [-0.1, -0.05) is 32.9 Å². The second-order valence-corrected chi connectivity index (χ2v) is 7.75. The fraction of sp³-hybridized carbons (Fsp3) is 0.476. The van der Waals surface area contributed by atoms with Crippen LogP contribution in [0.2, 0.25) is 0 Å². The van der Waals surface area contributed by atoms with Gasteiger partial charge in [-0.2, -0.15) is 0 Å². The zero-order valence-electron chi connectivity index (χ0n) is 16.9. The van der Waals surface area contributed by atoms with Crippen LogP contribution in [0.25, 0.3) is 0 Å². The molecule has 1 unspecified atom stereocenters. The average Bonchev–Trinajstić information content (AvgIpc) is 3.12. The van der Waals surface area contributed by atoms with Crippen LogP contribution in [0.1, 0.15) is 38.1 Å². The van der Waals surface area contributed by atoms with E-state index in [-0.39, 0.29) is 17.5 Å². The van der Waals surface area contributed by atoms with Gasteiger partial charge < -0.3 is 19.8 Å². The highest BCUT2D eigenvalue weighted by molar-refractivity contribution is 5.73. The minimum absolute atomic E-state index is 0.0108. The first-order valence-corrected chi connectivity index (χ1v) is 9.22. The molecule has 0 aliphatic carbocycles. The first-order valence-electron chi connectivity index (χ1n) is 9.22. The molecule has 2 amide bonds. The predicted molar refractivity (Wildman–Crippen MR) is 107 cm³/mol. The molecule has 6 heteroatoms. The molecule has 1 aromatic heterocycles. The summed E-state index contributed by atoms with van der Waals surface area (Å²) in [6.45, 7) is 7.84. The molecule has 148 valence electrons. The number of hydrogen-bond donors (Lipinski definition) is 2. The number of ether oxygens (including phenoxy) is 1. The Bertz CT molecular complexity index is 688. The number of amides is 2. The quantitative estimate of drug-likeness (QED) is 0.695. The number of hydrogen-bond acceptors (Lipinski definition) is 4. The van der Waals surface area contributed by atoms with Crippen LogP contribution < -0.4 is 15.4 Å². The monoisotopic (exact) mass is 373 g/mol. The van der Waals surface area contributed by atoms with E-state index in [0.29, 0.717) is 19.7 Å². The Hall–Kier alpha value is -2.47. The van der Waals surface area contributed by atoms with Gasteiger partial charge in [0.25, 0.3) is 0 Å². The van der Waals surface area contributed by atoms with Crippen LogP contribution in [0.15, 0.2) is 47.1 Å². The van der Waals surface area contributed by atoms with Crippen molar-refractivity contribution in [3.05, 3.63) is 54.0 Å². The number of rotatable bonds is 8. The summed E-state index contributed by atoms with van der Waals surface area (Å²) in [7, 11) is 3.90. The first-order chi connectivity index (χ1) is 12.8. The van der Waals surface area contributed by atoms with Crippen LogP contribution in [-0.4, -0.2) is 44.7 Å². The van der Waals surface area contributed by atoms with Crippen molar-refractivity contribution in [2.45, 2.75) is 32.2 Å². The second kappa shape index (κ2) is 9.46. The molecule has 0 aliphatic heterocycles. The molecule has 0 saturated heterocycles. The Kier molecular flexibility index (Phi) is 7.30. The van der Waals surface area contributed by atoms with Crippen molar-refractivity contribution in [1.29, 1.82) is 0 Å². The van der Waals surface area contributed by atoms with Crippen LogP contribution in [-0.2, 0) is 5.41 Å². The molecule has 0 aliphatic rings. The topological polar surface area (TPSA) is 66.7 Å². The lowest BCUT2D eigenvalue weighted by Crippen LogP contribution is -2.41. The van der Waals surface area contributed by atoms with E-state index in [1.54, 1.807) is 6.26 Å². The number of nitrogens with one attached hydrogen (secondary N) is 2. The number of furan rings is 1. The molecule has 2 N–H and O–H groups in total. The second-order valence-electron chi connectivity index (χ2n) is 7.75. The summed E-state index contributed by atoms with van der Waals surface area (Å²) in [6.07, 6.45) is 1.64. The third-order valence-corrected chi connectivity index (χ3v) is 4.33. The molecule has 27 heavy (non-hydrogen) atoms. The maximum Gasteiger partial charge on any atom is 0.314 e. The Balaban J connectivity index is 1.68. The SMILES string of the molecule is CN(C)C(CNC(=O)NCCOc1ccc(C(C)(C)C)cc1)c1ccco1. The van der Waals surface area contributed by atoms with E-state index >= 15 is 0 Å². The van der Waals surface area contributed by atoms with Gasteiger partial charge in [-0.05, 0) is 49.3 Å². The van der Waals surface area contributed by atoms with Crippen molar-refractivity contribution in [3.8, 4) is 5.75 Å². The van der Waals surface area contributed by atoms with E-state index in [1.807, 2.05) is 43.3 Å². The molecular weight excluding hydrogens is 342 g/mol. The summed E-state index contributed by atoms with van der Waals surface area (Å²) in [5, 5.41) is 5.67. The maximum absolute atomic E-state index is 12.0. The lowest BCUT2D eigenvalue weighted by atomic mass is 9.87. The summed E-state index contributed by atoms with van der Waals surface area (Å²) in [5.74, 6) is 1.62. The minimum Gasteiger partial charge on any atom is -0.492 e. The Morgan fingerprint density at radius 3 is 2.41 bits per heavy atom. The van der Waals surface area contributed by atoms with Gasteiger partial charge in [-0.3, -0.25) is 4.90 Å². The summed E-state index contributed by atoms with van der Waals surface area (Å²) >= 11 is 0. The van der Waals surface area contributed by atoms with Gasteiger partial charge in [-0.25, -0.2) is 4.79 Å². The normalized spacial score (nSPS) is 12.7. The van der Waals surface area contributed by atoms with Gasteiger partial charge in [-0.15, -0.1) is 0 Å². The number of urea groups is 1. The molecule has 6 nitrogen and oxygen atoms in total. The van der Waals surface area contributed by atoms with E-state index in [2.05, 4.69) is 43.5 Å². The standard InChI is InChI=1S/C21H31N3O3/c1-21(2,3)16-8-10-17(11-9-16)26-14-12-22-20(25)23-15-18(24(4)5)19-7-6-13-27-19/h6-11,13,18H,12,14-15H2,1-5H3,(H2,22,23,25). The lowest BCUT2D eigenvalue weighted by Gasteiger charge is -2.22. The molecule has 0 radical (unpaired) electrons. The van der Waals surface area contributed by atoms with Crippen molar-refractivity contribution < 1.29 is 13.9 Å². The van der Waals surface area contributed by atoms with Crippen molar-refractivity contribution in [2.24, 2.45) is 0 Å². The molecule has 1 aromatic carbocycles. The summed E-state index contributed by atoms with van der Waals surface area (Å²) in [6, 6.07) is 11.6. The molecule has 2 rings (SSSR count). The first kappa shape index (κ1) is 20.8. The minimum atomic E-state index is -0.222. The molecule has 0 fully saturated rings. The van der Waals surface area contributed by atoms with E-state index in [9.17, 15) is 4.79 Å². The molecule has 0 saturated carbocycles. The zero-order valence-corrected chi connectivity index (χ0v) is 16.9. The molecular formula is C21H31N3O3. The number of carbonyl (C=O) groups is 1. The summed E-state index contributed by atoms with van der Waals surface area (Å²) < 4.78 is 11.1. The zero-order chi connectivity index (χ0) is 19.9. The Labute approximate surface area is 161 Å². The van der Waals surface area contributed by atoms with Gasteiger partial charge in [0.1, 0.15) is 18.1 Å². The Morgan fingerprint density at radius 1 is 1.15 bits per heavy atom. The van der Waals surface area contributed by atoms with Crippen molar-refractivity contribution in [1.82, 2.24) is 15.5 Å². The average molecular weight is 373 g/mol. The third kappa shape index (κ3) is 6.64. The fourth-order valence-electron chi connectivity index (χ4n) is 2.65. The number of nitrogens with zero attached hydrogens (tertiary/aromatic N) is 1. The lowest BCUT2D eigenvalue weighted by molar-refractivity contribution is 0.222. The smallest absolute Gasteiger partial charge is 0.314 e. The van der Waals surface area contributed by atoms with Crippen LogP contribution in [0.4, 0.5) is 4.79 Å². The highest BCUT2D eigenvalue weighted by atomic mass is 16.5. The number of carbonyl (C=O) groups excluding carboxylic acids is 1. The molecule has 0 spiro atoms. The van der Waals surface area contributed by atoms with E-state index in [1.165, 1.54) is 5.56 Å². The maximum atomic E-state index is 12.0. The predicted octanol–water partition coefficient (Wildman–Crippen LogP) is 3.56. The van der Waals surface area contributed by atoms with Crippen molar-refractivity contribution in [2.75, 3.05) is 33.8 Å². The van der Waals surface area contributed by atoms with Gasteiger partial charge in [0.05, 0.1) is 18.8 Å². The van der Waals surface area contributed by atoms with E-state index in [0.717, 1.165) is 11.5 Å². The van der Waals surface area contributed by atoms with Crippen molar-refractivity contribution in [3.63, 3.8) is 0 Å². The van der Waals surface area contributed by atoms with Gasteiger partial charge in [0, 0.05) is 6.54 Å². The molecule has 1 atom stereocenters. The van der Waals surface area contributed by atoms with Gasteiger partial charge >= 0.3 is 6.03 Å². The number of benzene rings is 1. The van der Waals surface area contributed by atoms with Crippen LogP contribution in [0.3, 0.4) is 0 Å². The highest BCUT2D eigenvalue weighted by Crippen LogP contribution is 2.24. The molecule has 2 aromatic rings. The van der Waals surface area contributed by atoms with Crippen LogP contribution in [0, 0.1) is 0 Å². The fourth-order valence-corrected chi connectivity index (χ4v) is 2.65. The third-order valence-electron chi connectivity index (χ3n) is 4.33. The highest BCUT2D eigenvalue weighted by Gasteiger charge is 2.17. The van der Waals surface area contributed by atoms with Crippen LogP contribution >= 0.6 is 0 Å². The van der Waals surface area contributed by atoms with E-state index < -0.39 is 0 Å². The van der Waals surface area contributed by atoms with Gasteiger partial charge in [0.15, 0.2) is 0 Å². The Morgan fingerprint density at radius 2 is 1.85 bits per heavy atom. The molecule has 0 bridgehead atoms. The summed E-state index contributed by atoms with van der Waals surface area (Å²) in [5.41, 5.74) is 1.39. The van der Waals surface area contributed by atoms with Gasteiger partial charge in [0.2, 0.25) is 0 Å². The van der Waals surface area contributed by atoms with Crippen molar-refractivity contribution >= 4 is 6.03 Å². The summed E-state index contributed by atoms with van der Waals surface area (Å²) in [4.78, 5) is 14.0. The van der Waals surface area contributed by atoms with Crippen LogP contribution in [0.5, 0.6) is 5.75 Å².